The van der Waals surface area contributed by atoms with E-state index in [1.54, 1.807) is 18.2 Å². The first-order valence-corrected chi connectivity index (χ1v) is 28.6. The summed E-state index contributed by atoms with van der Waals surface area (Å²) in [6, 6.07) is 57.0. The van der Waals surface area contributed by atoms with Gasteiger partial charge in [0.05, 0.1) is 16.7 Å². The van der Waals surface area contributed by atoms with Gasteiger partial charge in [0, 0.05) is 52.5 Å². The fourth-order valence-electron chi connectivity index (χ4n) is 12.8. The van der Waals surface area contributed by atoms with Gasteiger partial charge in [0.1, 0.15) is 5.82 Å². The Labute approximate surface area is 508 Å². The predicted molar refractivity (Wildman–Crippen MR) is 336 cm³/mol. The summed E-state index contributed by atoms with van der Waals surface area (Å²) in [4.78, 5) is 4.91. The van der Waals surface area contributed by atoms with Crippen LogP contribution in [0.25, 0.3) is 94.5 Å². The van der Waals surface area contributed by atoms with Crippen molar-refractivity contribution in [2.24, 2.45) is 0 Å². The maximum absolute atomic E-state index is 8.92. The van der Waals surface area contributed by atoms with E-state index in [4.69, 9.17) is 17.9 Å². The molecule has 13 rings (SSSR count). The van der Waals surface area contributed by atoms with Crippen LogP contribution in [0.5, 0.6) is 11.5 Å². The van der Waals surface area contributed by atoms with Crippen LogP contribution in [0.15, 0.2) is 152 Å². The second-order valence-corrected chi connectivity index (χ2v) is 27.2. The van der Waals surface area contributed by atoms with Crippen molar-refractivity contribution in [2.75, 3.05) is 0 Å². The topological polar surface area (TPSA) is 35.9 Å². The van der Waals surface area contributed by atoms with Gasteiger partial charge < -0.3 is 13.9 Å². The molecule has 0 saturated heterocycles. The van der Waals surface area contributed by atoms with Gasteiger partial charge >= 0.3 is 0 Å². The molecular formula is C76H74N4OPt-2. The van der Waals surface area contributed by atoms with Gasteiger partial charge in [0.2, 0.25) is 0 Å². The van der Waals surface area contributed by atoms with Gasteiger partial charge in [-0.1, -0.05) is 174 Å². The predicted octanol–water partition coefficient (Wildman–Crippen LogP) is 19.4. The summed E-state index contributed by atoms with van der Waals surface area (Å²) < 4.78 is 66.9. The van der Waals surface area contributed by atoms with Gasteiger partial charge in [-0.05, 0) is 185 Å². The number of rotatable bonds is 5. The minimum atomic E-state index is -2.63. The molecule has 0 bridgehead atoms. The standard InChI is InChI=1S/C76H74N4O.Pt/c1-46-22-20-23-47(2)69(46)48-36-60-59-44-63-62(75(12,13)33-34-76(63,14)15)43-58(59)54-26-16-17-27-55(54)61-38-50(73(6,7)8)39-67-71(61)79(70(60)64(37-48)74(9,10)11)45-78(67)51-24-21-25-52(41-51)81-53-30-31-57-56-28-18-19-29-65(56)80(66(57)42-53)68-40-49(32-35-77-68)72(3,4)5;/h16-32,35-40,43-44H,33-34H2,1-15H3;/q-2;/i1D3,2D3;. The Morgan fingerprint density at radius 2 is 1.20 bits per heavy atom. The number of benzene rings is 8. The first kappa shape index (κ1) is 48.2. The molecule has 0 spiro atoms. The van der Waals surface area contributed by atoms with Gasteiger partial charge in [-0.2, -0.15) is 18.2 Å². The van der Waals surface area contributed by atoms with Crippen molar-refractivity contribution < 1.29 is 38.6 Å². The van der Waals surface area contributed by atoms with E-state index >= 15 is 0 Å². The molecule has 82 heavy (non-hydrogen) atoms. The van der Waals surface area contributed by atoms with E-state index in [2.05, 4.69) is 219 Å². The van der Waals surface area contributed by atoms with Crippen LogP contribution < -0.4 is 9.30 Å². The minimum absolute atomic E-state index is 0. The normalized spacial score (nSPS) is 15.9. The van der Waals surface area contributed by atoms with Gasteiger partial charge in [0.15, 0.2) is 0 Å². The fraction of sp³-hybridized carbons (Fsp3) is 0.289. The van der Waals surface area contributed by atoms with Crippen molar-refractivity contribution in [3.63, 3.8) is 0 Å². The summed E-state index contributed by atoms with van der Waals surface area (Å²) in [6.07, 6.45) is 7.89. The number of ether oxygens (including phenoxy) is 1. The molecule has 0 radical (unpaired) electrons. The molecule has 11 aromatic rings. The Bertz CT molecular complexity index is 4620. The quantitative estimate of drug-likeness (QED) is 0.127. The number of aromatic nitrogens is 4. The molecule has 1 aliphatic heterocycles. The fourth-order valence-corrected chi connectivity index (χ4v) is 12.8. The molecule has 8 aromatic carbocycles. The van der Waals surface area contributed by atoms with Crippen LogP contribution in [0.1, 0.15) is 150 Å². The van der Waals surface area contributed by atoms with Gasteiger partial charge in [-0.25, -0.2) is 4.98 Å². The van der Waals surface area contributed by atoms with Crippen LogP contribution in [0, 0.1) is 32.2 Å². The maximum atomic E-state index is 8.92. The van der Waals surface area contributed by atoms with Crippen LogP contribution in [0.3, 0.4) is 0 Å². The van der Waals surface area contributed by atoms with Crippen LogP contribution in [-0.2, 0) is 48.1 Å². The average Bonchev–Trinajstić information content (AvgIpc) is 1.76. The van der Waals surface area contributed by atoms with Gasteiger partial charge in [-0.3, -0.25) is 4.57 Å². The molecule has 0 atom stereocenters. The van der Waals surface area contributed by atoms with E-state index < -0.39 is 19.1 Å². The van der Waals surface area contributed by atoms with E-state index in [1.807, 2.05) is 36.5 Å². The van der Waals surface area contributed by atoms with Crippen molar-refractivity contribution in [1.82, 2.24) is 14.1 Å². The number of nitrogens with zero attached hydrogens (tertiary/aromatic N) is 4. The summed E-state index contributed by atoms with van der Waals surface area (Å²) in [6.45, 7) is 24.1. The molecule has 6 heteroatoms. The Hall–Kier alpha value is -7.33. The van der Waals surface area contributed by atoms with Crippen LogP contribution in [0.4, 0.5) is 0 Å². The maximum Gasteiger partial charge on any atom is 0.268 e. The Morgan fingerprint density at radius 3 is 1.87 bits per heavy atom. The summed E-state index contributed by atoms with van der Waals surface area (Å²) in [5.74, 6) is 1.81. The first-order chi connectivity index (χ1) is 40.8. The number of para-hydroxylation sites is 1. The average molecular weight is 1260 g/mol. The van der Waals surface area contributed by atoms with Gasteiger partial charge in [-0.15, -0.1) is 29.7 Å². The van der Waals surface area contributed by atoms with Crippen molar-refractivity contribution in [2.45, 2.75) is 144 Å². The molecule has 0 amide bonds. The smallest absolute Gasteiger partial charge is 0.268 e. The molecule has 0 saturated carbocycles. The Balaban J connectivity index is 0.00000754. The van der Waals surface area contributed by atoms with Crippen molar-refractivity contribution >= 4 is 32.8 Å². The molecule has 2 aliphatic rings. The molecule has 4 heterocycles. The third-order valence-electron chi connectivity index (χ3n) is 17.5. The first-order valence-electron chi connectivity index (χ1n) is 31.6. The number of pyridine rings is 1. The van der Waals surface area contributed by atoms with Crippen LogP contribution >= 0.6 is 0 Å². The monoisotopic (exact) mass is 1260 g/mol. The zero-order chi connectivity index (χ0) is 61.9. The minimum Gasteiger partial charge on any atom is -0.510 e. The third-order valence-corrected chi connectivity index (χ3v) is 17.5. The van der Waals surface area contributed by atoms with E-state index in [0.29, 0.717) is 22.7 Å². The van der Waals surface area contributed by atoms with Crippen molar-refractivity contribution in [3.05, 3.63) is 209 Å². The number of hydrogen-bond acceptors (Lipinski definition) is 2. The van der Waals surface area contributed by atoms with E-state index in [-0.39, 0.29) is 59.4 Å². The van der Waals surface area contributed by atoms with Gasteiger partial charge in [0.25, 0.3) is 6.33 Å². The number of fused-ring (bicyclic) bond motifs is 11. The second-order valence-electron chi connectivity index (χ2n) is 27.2. The second kappa shape index (κ2) is 19.4. The summed E-state index contributed by atoms with van der Waals surface area (Å²) in [5, 5.41) is 2.13. The zero-order valence-electron chi connectivity index (χ0n) is 55.4. The molecule has 0 N–H and O–H groups in total. The number of imidazole rings is 1. The van der Waals surface area contributed by atoms with Crippen LogP contribution in [0.2, 0.25) is 0 Å². The molecular weight excluding hydrogens is 1180 g/mol. The Morgan fingerprint density at radius 1 is 0.561 bits per heavy atom. The molecule has 416 valence electrons. The largest absolute Gasteiger partial charge is 0.510 e. The molecule has 0 fully saturated rings. The van der Waals surface area contributed by atoms with E-state index in [1.165, 1.54) is 16.7 Å². The van der Waals surface area contributed by atoms with Crippen molar-refractivity contribution in [3.8, 4) is 73.2 Å². The SMILES string of the molecule is [2H]C([2H])([2H])c1cccc(C([2H])([2H])[2H])c1-c1cc2c(c(C(C)(C)C)c1)-[n+]1[c-]n(-c3[c-]c(Oc4[c-]c5c(cc4)c4ccccc4n5-c4cc(C(C)(C)C)ccn4)ccc3)c3cc(C(C)(C)C)cc(c31)-c1ccccc1-c1cc3c(cc1-2)C(C)(C)CCC3(C)C.[Pt]. The summed E-state index contributed by atoms with van der Waals surface area (Å²) in [7, 11) is 0. The third kappa shape index (κ3) is 9.09. The number of hydrogen-bond donors (Lipinski definition) is 0. The molecule has 1 aliphatic carbocycles. The van der Waals surface area contributed by atoms with E-state index in [9.17, 15) is 0 Å². The molecule has 5 nitrogen and oxygen atoms in total. The Kier molecular flexibility index (Phi) is 11.4. The summed E-state index contributed by atoms with van der Waals surface area (Å²) >= 11 is 0. The summed E-state index contributed by atoms with van der Waals surface area (Å²) in [5.41, 5.74) is 16.3. The zero-order valence-corrected chi connectivity index (χ0v) is 51.6. The van der Waals surface area contributed by atoms with Crippen LogP contribution in [-0.4, -0.2) is 14.1 Å². The molecule has 0 unspecified atom stereocenters. The number of aryl methyl sites for hydroxylation is 2. The van der Waals surface area contributed by atoms with Crippen molar-refractivity contribution in [1.29, 1.82) is 0 Å². The molecule has 3 aromatic heterocycles. The van der Waals surface area contributed by atoms with E-state index in [0.717, 1.165) is 102 Å².